The summed E-state index contributed by atoms with van der Waals surface area (Å²) in [6.07, 6.45) is 1.82. The van der Waals surface area contributed by atoms with Crippen LogP contribution in [0, 0.1) is 13.8 Å². The zero-order chi connectivity index (χ0) is 13.3. The quantitative estimate of drug-likeness (QED) is 0.923. The van der Waals surface area contributed by atoms with E-state index in [1.165, 1.54) is 0 Å². The van der Waals surface area contributed by atoms with E-state index in [2.05, 4.69) is 38.9 Å². The molecule has 1 atom stereocenters. The highest BCUT2D eigenvalue weighted by Gasteiger charge is 2.10. The second kappa shape index (κ2) is 5.16. The van der Waals surface area contributed by atoms with Crippen molar-refractivity contribution in [2.24, 2.45) is 5.73 Å². The molecule has 18 heavy (non-hydrogen) atoms. The number of aromatic nitrogens is 2. The standard InChI is InChI=1S/C14H16BrN3/c1-8-4-5-11(15)6-12(8)14-17-7-13(9(2)16)10(3)18-14/h4-7,9H,16H2,1-3H3/t9-/m1/s1. The number of hydrogen-bond donors (Lipinski definition) is 1. The minimum absolute atomic E-state index is 0.0392. The van der Waals surface area contributed by atoms with Crippen LogP contribution in [-0.4, -0.2) is 9.97 Å². The van der Waals surface area contributed by atoms with Crippen LogP contribution in [-0.2, 0) is 0 Å². The molecule has 4 heteroatoms. The Balaban J connectivity index is 2.52. The number of nitrogens with zero attached hydrogens (tertiary/aromatic N) is 2. The van der Waals surface area contributed by atoms with Gasteiger partial charge in [-0.05, 0) is 38.5 Å². The zero-order valence-electron chi connectivity index (χ0n) is 10.7. The highest BCUT2D eigenvalue weighted by atomic mass is 79.9. The minimum Gasteiger partial charge on any atom is -0.324 e. The predicted molar refractivity (Wildman–Crippen MR) is 77.2 cm³/mol. The lowest BCUT2D eigenvalue weighted by atomic mass is 10.1. The van der Waals surface area contributed by atoms with Crippen LogP contribution in [0.25, 0.3) is 11.4 Å². The average molecular weight is 306 g/mol. The number of aryl methyl sites for hydroxylation is 2. The van der Waals surface area contributed by atoms with Crippen molar-refractivity contribution in [3.63, 3.8) is 0 Å². The van der Waals surface area contributed by atoms with Gasteiger partial charge in [0.05, 0.1) is 0 Å². The Morgan fingerprint density at radius 3 is 2.61 bits per heavy atom. The van der Waals surface area contributed by atoms with Crippen molar-refractivity contribution in [2.45, 2.75) is 26.8 Å². The van der Waals surface area contributed by atoms with E-state index >= 15 is 0 Å². The van der Waals surface area contributed by atoms with Gasteiger partial charge in [-0.15, -0.1) is 0 Å². The SMILES string of the molecule is Cc1ccc(Br)cc1-c1ncc([C@@H](C)N)c(C)n1. The van der Waals surface area contributed by atoms with Crippen LogP contribution in [0.5, 0.6) is 0 Å². The van der Waals surface area contributed by atoms with E-state index in [9.17, 15) is 0 Å². The lowest BCUT2D eigenvalue weighted by Crippen LogP contribution is -2.09. The first-order valence-electron chi connectivity index (χ1n) is 5.84. The highest BCUT2D eigenvalue weighted by molar-refractivity contribution is 9.10. The fraction of sp³-hybridized carbons (Fsp3) is 0.286. The topological polar surface area (TPSA) is 51.8 Å². The molecule has 0 aliphatic rings. The van der Waals surface area contributed by atoms with Gasteiger partial charge in [-0.3, -0.25) is 0 Å². The molecule has 0 bridgehead atoms. The zero-order valence-corrected chi connectivity index (χ0v) is 12.3. The molecule has 2 rings (SSSR count). The van der Waals surface area contributed by atoms with Crippen LogP contribution in [0.2, 0.25) is 0 Å². The first-order chi connectivity index (χ1) is 8.49. The van der Waals surface area contributed by atoms with Gasteiger partial charge in [0.1, 0.15) is 0 Å². The number of benzene rings is 1. The minimum atomic E-state index is -0.0392. The molecule has 94 valence electrons. The molecular formula is C14H16BrN3. The molecule has 0 spiro atoms. The van der Waals surface area contributed by atoms with Gasteiger partial charge in [0.25, 0.3) is 0 Å². The Labute approximate surface area is 116 Å². The van der Waals surface area contributed by atoms with Crippen molar-refractivity contribution in [3.8, 4) is 11.4 Å². The Morgan fingerprint density at radius 1 is 1.28 bits per heavy atom. The van der Waals surface area contributed by atoms with Crippen molar-refractivity contribution >= 4 is 15.9 Å². The third-order valence-electron chi connectivity index (χ3n) is 2.95. The molecule has 1 aromatic carbocycles. The summed E-state index contributed by atoms with van der Waals surface area (Å²) in [6, 6.07) is 6.07. The molecule has 0 aliphatic carbocycles. The summed E-state index contributed by atoms with van der Waals surface area (Å²) >= 11 is 3.47. The molecule has 0 unspecified atom stereocenters. The predicted octanol–water partition coefficient (Wildman–Crippen LogP) is 3.54. The second-order valence-corrected chi connectivity index (χ2v) is 5.40. The number of nitrogens with two attached hydrogens (primary N) is 1. The Kier molecular flexibility index (Phi) is 3.78. The van der Waals surface area contributed by atoms with Gasteiger partial charge in [-0.2, -0.15) is 0 Å². The third-order valence-corrected chi connectivity index (χ3v) is 3.44. The molecule has 0 amide bonds. The Bertz CT molecular complexity index is 579. The number of hydrogen-bond acceptors (Lipinski definition) is 3. The van der Waals surface area contributed by atoms with E-state index < -0.39 is 0 Å². The van der Waals surface area contributed by atoms with E-state index in [4.69, 9.17) is 5.73 Å². The summed E-state index contributed by atoms with van der Waals surface area (Å²) in [5.41, 5.74) is 10.0. The number of halogens is 1. The Morgan fingerprint density at radius 2 is 2.00 bits per heavy atom. The number of rotatable bonds is 2. The van der Waals surface area contributed by atoms with Crippen molar-refractivity contribution in [1.82, 2.24) is 9.97 Å². The third kappa shape index (κ3) is 2.60. The second-order valence-electron chi connectivity index (χ2n) is 4.48. The van der Waals surface area contributed by atoms with Gasteiger partial charge in [0.2, 0.25) is 0 Å². The first-order valence-corrected chi connectivity index (χ1v) is 6.64. The van der Waals surface area contributed by atoms with Gasteiger partial charge in [0, 0.05) is 33.5 Å². The molecule has 1 aromatic heterocycles. The smallest absolute Gasteiger partial charge is 0.159 e. The van der Waals surface area contributed by atoms with Crippen LogP contribution < -0.4 is 5.73 Å². The molecule has 2 aromatic rings. The molecule has 1 heterocycles. The molecule has 0 saturated carbocycles. The van der Waals surface area contributed by atoms with Crippen LogP contribution in [0.1, 0.15) is 29.8 Å². The Hall–Kier alpha value is -1.26. The average Bonchev–Trinajstić information content (AvgIpc) is 2.31. The van der Waals surface area contributed by atoms with Crippen LogP contribution >= 0.6 is 15.9 Å². The molecule has 3 nitrogen and oxygen atoms in total. The van der Waals surface area contributed by atoms with E-state index in [-0.39, 0.29) is 6.04 Å². The molecule has 0 saturated heterocycles. The van der Waals surface area contributed by atoms with E-state index in [0.29, 0.717) is 0 Å². The van der Waals surface area contributed by atoms with Crippen LogP contribution in [0.3, 0.4) is 0 Å². The van der Waals surface area contributed by atoms with Crippen LogP contribution in [0.4, 0.5) is 0 Å². The van der Waals surface area contributed by atoms with Crippen molar-refractivity contribution in [1.29, 1.82) is 0 Å². The lowest BCUT2D eigenvalue weighted by molar-refractivity contribution is 0.790. The maximum atomic E-state index is 5.87. The highest BCUT2D eigenvalue weighted by Crippen LogP contribution is 2.25. The molecule has 0 radical (unpaired) electrons. The van der Waals surface area contributed by atoms with Gasteiger partial charge in [0.15, 0.2) is 5.82 Å². The fourth-order valence-corrected chi connectivity index (χ4v) is 2.25. The molecule has 0 aliphatic heterocycles. The first kappa shape index (κ1) is 13.2. The van der Waals surface area contributed by atoms with E-state index in [1.54, 1.807) is 0 Å². The lowest BCUT2D eigenvalue weighted by Gasteiger charge is -2.11. The van der Waals surface area contributed by atoms with Gasteiger partial charge in [-0.1, -0.05) is 22.0 Å². The molecule has 0 fully saturated rings. The maximum absolute atomic E-state index is 5.87. The summed E-state index contributed by atoms with van der Waals surface area (Å²) in [6.45, 7) is 5.97. The fourth-order valence-electron chi connectivity index (χ4n) is 1.89. The van der Waals surface area contributed by atoms with Crippen molar-refractivity contribution in [3.05, 3.63) is 45.7 Å². The summed E-state index contributed by atoms with van der Waals surface area (Å²) in [5.74, 6) is 0.746. The van der Waals surface area contributed by atoms with Gasteiger partial charge >= 0.3 is 0 Å². The summed E-state index contributed by atoms with van der Waals surface area (Å²) in [5, 5.41) is 0. The molecular weight excluding hydrogens is 290 g/mol. The normalized spacial score (nSPS) is 12.5. The van der Waals surface area contributed by atoms with E-state index in [0.717, 1.165) is 32.7 Å². The van der Waals surface area contributed by atoms with Crippen LogP contribution in [0.15, 0.2) is 28.9 Å². The van der Waals surface area contributed by atoms with Crippen molar-refractivity contribution < 1.29 is 0 Å². The summed E-state index contributed by atoms with van der Waals surface area (Å²) in [4.78, 5) is 8.98. The summed E-state index contributed by atoms with van der Waals surface area (Å²) < 4.78 is 1.03. The summed E-state index contributed by atoms with van der Waals surface area (Å²) in [7, 11) is 0. The maximum Gasteiger partial charge on any atom is 0.159 e. The molecule has 2 N–H and O–H groups in total. The monoisotopic (exact) mass is 305 g/mol. The van der Waals surface area contributed by atoms with E-state index in [1.807, 2.05) is 32.2 Å². The van der Waals surface area contributed by atoms with Crippen molar-refractivity contribution in [2.75, 3.05) is 0 Å². The van der Waals surface area contributed by atoms with Gasteiger partial charge in [-0.25, -0.2) is 9.97 Å². The largest absolute Gasteiger partial charge is 0.324 e. The van der Waals surface area contributed by atoms with Gasteiger partial charge < -0.3 is 5.73 Å².